The molecule has 3 aromatic rings. The van der Waals surface area contributed by atoms with Crippen molar-refractivity contribution in [1.82, 2.24) is 29.8 Å². The van der Waals surface area contributed by atoms with E-state index < -0.39 is 17.9 Å². The van der Waals surface area contributed by atoms with Crippen LogP contribution in [0.4, 0.5) is 13.2 Å². The van der Waals surface area contributed by atoms with Crippen molar-refractivity contribution in [2.75, 3.05) is 6.54 Å². The summed E-state index contributed by atoms with van der Waals surface area (Å²) in [6, 6.07) is 2.16. The predicted molar refractivity (Wildman–Crippen MR) is 98.5 cm³/mol. The summed E-state index contributed by atoms with van der Waals surface area (Å²) in [4.78, 5) is 18.8. The molecule has 0 aliphatic carbocycles. The van der Waals surface area contributed by atoms with Crippen molar-refractivity contribution in [3.05, 3.63) is 40.6 Å². The van der Waals surface area contributed by atoms with Gasteiger partial charge < -0.3 is 4.90 Å². The van der Waals surface area contributed by atoms with Crippen LogP contribution in [0, 0.1) is 6.92 Å². The van der Waals surface area contributed by atoms with E-state index in [-0.39, 0.29) is 23.9 Å². The van der Waals surface area contributed by atoms with Crippen LogP contribution in [0.5, 0.6) is 0 Å². The summed E-state index contributed by atoms with van der Waals surface area (Å²) < 4.78 is 46.3. The monoisotopic (exact) mass is 422 g/mol. The average Bonchev–Trinajstić information content (AvgIpc) is 3.38. The van der Waals surface area contributed by atoms with E-state index in [1.54, 1.807) is 31.7 Å². The van der Waals surface area contributed by atoms with Crippen LogP contribution in [-0.4, -0.2) is 42.3 Å². The maximum absolute atomic E-state index is 13.6. The first-order valence-electron chi connectivity index (χ1n) is 9.70. The largest absolute Gasteiger partial charge is 0.433 e. The van der Waals surface area contributed by atoms with E-state index in [1.807, 2.05) is 0 Å². The Balaban J connectivity index is 1.69. The summed E-state index contributed by atoms with van der Waals surface area (Å²) in [6.07, 6.45) is -3.21. The normalized spacial score (nSPS) is 17.4. The molecule has 30 heavy (non-hydrogen) atoms. The number of aromatic nitrogens is 5. The molecule has 4 heterocycles. The van der Waals surface area contributed by atoms with Crippen LogP contribution < -0.4 is 0 Å². The second-order valence-electron chi connectivity index (χ2n) is 7.78. The molecule has 0 N–H and O–H groups in total. The molecule has 1 aliphatic heterocycles. The van der Waals surface area contributed by atoms with Crippen LogP contribution in [0.15, 0.2) is 16.8 Å². The minimum atomic E-state index is -4.57. The molecule has 4 rings (SSSR count). The highest BCUT2D eigenvalue weighted by Crippen LogP contribution is 2.35. The van der Waals surface area contributed by atoms with E-state index in [4.69, 9.17) is 0 Å². The molecule has 1 atom stereocenters. The SMILES string of the molecule is Cc1nonc1CC(=O)N1CCCC1c1cc2nc(C(C)C)cc(C(F)(F)F)n2n1. The third-order valence-electron chi connectivity index (χ3n) is 5.33. The molecule has 0 radical (unpaired) electrons. The van der Waals surface area contributed by atoms with Gasteiger partial charge >= 0.3 is 6.18 Å². The molecule has 160 valence electrons. The lowest BCUT2D eigenvalue weighted by Crippen LogP contribution is -2.32. The fraction of sp³-hybridized carbons (Fsp3) is 0.526. The minimum Gasteiger partial charge on any atom is -0.334 e. The molecule has 1 saturated heterocycles. The van der Waals surface area contributed by atoms with E-state index in [2.05, 4.69) is 25.0 Å². The highest BCUT2D eigenvalue weighted by Gasteiger charge is 2.37. The zero-order valence-electron chi connectivity index (χ0n) is 16.8. The number of halogens is 3. The van der Waals surface area contributed by atoms with Gasteiger partial charge in [-0.2, -0.15) is 18.3 Å². The Morgan fingerprint density at radius 1 is 1.30 bits per heavy atom. The number of likely N-dealkylation sites (tertiary alicyclic amines) is 1. The smallest absolute Gasteiger partial charge is 0.334 e. The van der Waals surface area contributed by atoms with Gasteiger partial charge in [-0.1, -0.05) is 24.2 Å². The number of alkyl halides is 3. The summed E-state index contributed by atoms with van der Waals surface area (Å²) in [5.41, 5.74) is 0.974. The van der Waals surface area contributed by atoms with Crippen LogP contribution in [0.25, 0.3) is 5.65 Å². The van der Waals surface area contributed by atoms with Crippen molar-refractivity contribution in [2.24, 2.45) is 0 Å². The van der Waals surface area contributed by atoms with Crippen molar-refractivity contribution >= 4 is 11.6 Å². The van der Waals surface area contributed by atoms with Crippen molar-refractivity contribution in [3.8, 4) is 0 Å². The Morgan fingerprint density at radius 3 is 2.70 bits per heavy atom. The van der Waals surface area contributed by atoms with Gasteiger partial charge in [0, 0.05) is 18.3 Å². The van der Waals surface area contributed by atoms with Gasteiger partial charge in [0.05, 0.1) is 18.2 Å². The van der Waals surface area contributed by atoms with Gasteiger partial charge in [-0.05, 0) is 31.7 Å². The maximum Gasteiger partial charge on any atom is 0.433 e. The van der Waals surface area contributed by atoms with Crippen molar-refractivity contribution < 1.29 is 22.6 Å². The van der Waals surface area contributed by atoms with Gasteiger partial charge in [0.2, 0.25) is 5.91 Å². The number of hydrogen-bond donors (Lipinski definition) is 0. The molecule has 0 aromatic carbocycles. The Hall–Kier alpha value is -2.98. The van der Waals surface area contributed by atoms with Crippen LogP contribution in [0.1, 0.15) is 67.1 Å². The lowest BCUT2D eigenvalue weighted by atomic mass is 10.1. The fourth-order valence-electron chi connectivity index (χ4n) is 3.70. The summed E-state index contributed by atoms with van der Waals surface area (Å²) in [5, 5.41) is 11.6. The quantitative estimate of drug-likeness (QED) is 0.640. The number of aryl methyl sites for hydroxylation is 1. The number of fused-ring (bicyclic) bond motifs is 1. The number of amides is 1. The number of hydrogen-bond acceptors (Lipinski definition) is 6. The molecule has 0 spiro atoms. The Bertz CT molecular complexity index is 1090. The molecule has 3 aromatic heterocycles. The average molecular weight is 422 g/mol. The Morgan fingerprint density at radius 2 is 2.07 bits per heavy atom. The predicted octanol–water partition coefficient (Wildman–Crippen LogP) is 3.47. The van der Waals surface area contributed by atoms with Crippen molar-refractivity contribution in [3.63, 3.8) is 0 Å². The van der Waals surface area contributed by atoms with E-state index >= 15 is 0 Å². The molecule has 1 amide bonds. The summed E-state index contributed by atoms with van der Waals surface area (Å²) in [6.45, 7) is 5.76. The number of nitrogens with zero attached hydrogens (tertiary/aromatic N) is 6. The molecule has 1 fully saturated rings. The zero-order chi connectivity index (χ0) is 21.6. The van der Waals surface area contributed by atoms with E-state index in [9.17, 15) is 18.0 Å². The van der Waals surface area contributed by atoms with Gasteiger partial charge in [-0.3, -0.25) is 4.79 Å². The molecule has 0 bridgehead atoms. The summed E-state index contributed by atoms with van der Waals surface area (Å²) >= 11 is 0. The Labute approximate surface area is 170 Å². The highest BCUT2D eigenvalue weighted by atomic mass is 19.4. The third kappa shape index (κ3) is 3.63. The van der Waals surface area contributed by atoms with Gasteiger partial charge in [-0.25, -0.2) is 14.1 Å². The molecular formula is C19H21F3N6O2. The molecular weight excluding hydrogens is 401 g/mol. The molecule has 11 heteroatoms. The van der Waals surface area contributed by atoms with E-state index in [1.165, 1.54) is 0 Å². The molecule has 0 saturated carbocycles. The first kappa shape index (κ1) is 20.3. The standard InChI is InChI=1S/C19H21F3N6O2/c1-10(2)12-7-16(19(20,21)22)28-17(23-12)8-14(24-28)15-5-4-6-27(15)18(29)9-13-11(3)25-30-26-13/h7-8,10,15H,4-6,9H2,1-3H3. The number of rotatable bonds is 4. The van der Waals surface area contributed by atoms with Crippen molar-refractivity contribution in [2.45, 2.75) is 58.2 Å². The third-order valence-corrected chi connectivity index (χ3v) is 5.33. The topological polar surface area (TPSA) is 89.4 Å². The highest BCUT2D eigenvalue weighted by molar-refractivity contribution is 5.79. The van der Waals surface area contributed by atoms with Crippen molar-refractivity contribution in [1.29, 1.82) is 0 Å². The van der Waals surface area contributed by atoms with Gasteiger partial charge in [0.1, 0.15) is 17.1 Å². The van der Waals surface area contributed by atoms with E-state index in [0.717, 1.165) is 17.0 Å². The zero-order valence-corrected chi connectivity index (χ0v) is 16.8. The van der Waals surface area contributed by atoms with Gasteiger partial charge in [-0.15, -0.1) is 0 Å². The Kier molecular flexibility index (Phi) is 4.99. The minimum absolute atomic E-state index is 0.0166. The first-order valence-corrected chi connectivity index (χ1v) is 9.70. The summed E-state index contributed by atoms with van der Waals surface area (Å²) in [7, 11) is 0. The molecule has 8 nitrogen and oxygen atoms in total. The lowest BCUT2D eigenvalue weighted by Gasteiger charge is -2.23. The van der Waals surface area contributed by atoms with Crippen LogP contribution in [0.2, 0.25) is 0 Å². The molecule has 1 unspecified atom stereocenters. The lowest BCUT2D eigenvalue weighted by molar-refractivity contribution is -0.142. The van der Waals surface area contributed by atoms with Gasteiger partial charge in [0.25, 0.3) is 0 Å². The fourth-order valence-corrected chi connectivity index (χ4v) is 3.70. The second-order valence-corrected chi connectivity index (χ2v) is 7.78. The number of carbonyl (C=O) groups excluding carboxylic acids is 1. The second kappa shape index (κ2) is 7.37. The number of carbonyl (C=O) groups is 1. The van der Waals surface area contributed by atoms with Gasteiger partial charge in [0.15, 0.2) is 5.65 Å². The van der Waals surface area contributed by atoms with Crippen LogP contribution in [0.3, 0.4) is 0 Å². The van der Waals surface area contributed by atoms with E-state index in [0.29, 0.717) is 35.7 Å². The first-order chi connectivity index (χ1) is 14.1. The summed E-state index contributed by atoms with van der Waals surface area (Å²) in [5.74, 6) is -0.362. The van der Waals surface area contributed by atoms with Crippen LogP contribution in [-0.2, 0) is 17.4 Å². The van der Waals surface area contributed by atoms with Crippen LogP contribution >= 0.6 is 0 Å². The maximum atomic E-state index is 13.6. The molecule has 1 aliphatic rings.